The zero-order chi connectivity index (χ0) is 17.5. The van der Waals surface area contributed by atoms with Crippen LogP contribution in [0.3, 0.4) is 0 Å². The van der Waals surface area contributed by atoms with Crippen molar-refractivity contribution < 1.29 is 9.59 Å². The summed E-state index contributed by atoms with van der Waals surface area (Å²) in [4.78, 5) is 25.0. The molecule has 0 saturated carbocycles. The molecule has 0 aliphatic carbocycles. The van der Waals surface area contributed by atoms with Crippen molar-refractivity contribution in [1.29, 1.82) is 0 Å². The maximum absolute atomic E-state index is 12.5. The minimum absolute atomic E-state index is 0.0139. The van der Waals surface area contributed by atoms with Gasteiger partial charge in [-0.3, -0.25) is 9.59 Å². The van der Waals surface area contributed by atoms with Crippen molar-refractivity contribution in [2.24, 2.45) is 5.92 Å². The van der Waals surface area contributed by atoms with Crippen LogP contribution in [0.15, 0.2) is 35.9 Å². The first kappa shape index (κ1) is 18.2. The summed E-state index contributed by atoms with van der Waals surface area (Å²) in [7, 11) is 0. The molecular formula is C19H27N3O2. The van der Waals surface area contributed by atoms with Crippen LogP contribution in [-0.2, 0) is 4.79 Å². The third-order valence-electron chi connectivity index (χ3n) is 4.27. The van der Waals surface area contributed by atoms with Gasteiger partial charge in [0, 0.05) is 18.7 Å². The first-order valence-corrected chi connectivity index (χ1v) is 8.52. The van der Waals surface area contributed by atoms with Crippen LogP contribution >= 0.6 is 0 Å². The molecule has 130 valence electrons. The molecule has 1 unspecified atom stereocenters. The molecule has 5 heteroatoms. The Kier molecular flexibility index (Phi) is 6.55. The van der Waals surface area contributed by atoms with Crippen LogP contribution in [0, 0.1) is 12.8 Å². The molecule has 1 aliphatic rings. The summed E-state index contributed by atoms with van der Waals surface area (Å²) in [6, 6.07) is 6.85. The molecule has 0 bridgehead atoms. The second kappa shape index (κ2) is 8.64. The van der Waals surface area contributed by atoms with Crippen LogP contribution in [0.5, 0.6) is 0 Å². The fourth-order valence-electron chi connectivity index (χ4n) is 2.72. The van der Waals surface area contributed by atoms with Crippen LogP contribution in [0.4, 0.5) is 0 Å². The summed E-state index contributed by atoms with van der Waals surface area (Å²) >= 11 is 0. The van der Waals surface area contributed by atoms with Gasteiger partial charge in [-0.15, -0.1) is 0 Å². The topological polar surface area (TPSA) is 70.2 Å². The number of nitrogens with one attached hydrogen (secondary N) is 3. The minimum atomic E-state index is -0.542. The van der Waals surface area contributed by atoms with E-state index in [9.17, 15) is 9.59 Å². The zero-order valence-electron chi connectivity index (χ0n) is 14.7. The molecule has 24 heavy (non-hydrogen) atoms. The van der Waals surface area contributed by atoms with Crippen LogP contribution in [0.1, 0.15) is 36.2 Å². The third kappa shape index (κ3) is 4.93. The molecule has 5 nitrogen and oxygen atoms in total. The van der Waals surface area contributed by atoms with Crippen molar-refractivity contribution in [2.45, 2.75) is 33.2 Å². The van der Waals surface area contributed by atoms with Crippen molar-refractivity contribution in [2.75, 3.05) is 19.6 Å². The van der Waals surface area contributed by atoms with E-state index in [-0.39, 0.29) is 17.7 Å². The highest BCUT2D eigenvalue weighted by Gasteiger charge is 2.25. The van der Waals surface area contributed by atoms with Gasteiger partial charge in [0.25, 0.3) is 5.91 Å². The highest BCUT2D eigenvalue weighted by molar-refractivity contribution is 5.98. The molecule has 2 amide bonds. The fourth-order valence-corrected chi connectivity index (χ4v) is 2.72. The van der Waals surface area contributed by atoms with E-state index in [0.717, 1.165) is 25.1 Å². The lowest BCUT2D eigenvalue weighted by Crippen LogP contribution is -2.50. The Morgan fingerprint density at radius 3 is 2.62 bits per heavy atom. The van der Waals surface area contributed by atoms with E-state index >= 15 is 0 Å². The van der Waals surface area contributed by atoms with Crippen LogP contribution in [0.25, 0.3) is 0 Å². The van der Waals surface area contributed by atoms with Crippen LogP contribution in [-0.4, -0.2) is 37.5 Å². The van der Waals surface area contributed by atoms with Gasteiger partial charge in [0.2, 0.25) is 5.91 Å². The quantitative estimate of drug-likeness (QED) is 0.697. The van der Waals surface area contributed by atoms with Crippen LogP contribution < -0.4 is 16.0 Å². The van der Waals surface area contributed by atoms with Crippen molar-refractivity contribution in [3.63, 3.8) is 0 Å². The lowest BCUT2D eigenvalue weighted by Gasteiger charge is -2.23. The summed E-state index contributed by atoms with van der Waals surface area (Å²) in [6.45, 7) is 8.10. The zero-order valence-corrected chi connectivity index (χ0v) is 14.7. The number of carbonyl (C=O) groups is 2. The standard InChI is InChI=1S/C19H27N3O2/c1-13(2)17(19(24)21-12-15-8-10-20-11-9-15)22-18(23)16-7-5-4-6-14(16)3/h4-8,13,17,20H,9-12H2,1-3H3,(H,21,24)(H,22,23). The molecule has 0 spiro atoms. The van der Waals surface area contributed by atoms with Gasteiger partial charge < -0.3 is 16.0 Å². The number of hydrogen-bond donors (Lipinski definition) is 3. The number of aryl methyl sites for hydroxylation is 1. The van der Waals surface area contributed by atoms with Gasteiger partial charge in [-0.1, -0.05) is 43.7 Å². The number of benzene rings is 1. The Labute approximate surface area is 143 Å². The second-order valence-corrected chi connectivity index (χ2v) is 6.54. The Morgan fingerprint density at radius 2 is 2.00 bits per heavy atom. The van der Waals surface area contributed by atoms with E-state index in [0.29, 0.717) is 12.1 Å². The van der Waals surface area contributed by atoms with Gasteiger partial charge in [-0.2, -0.15) is 0 Å². The summed E-state index contributed by atoms with van der Waals surface area (Å²) in [6.07, 6.45) is 3.06. The van der Waals surface area contributed by atoms with Gasteiger partial charge >= 0.3 is 0 Å². The minimum Gasteiger partial charge on any atom is -0.351 e. The smallest absolute Gasteiger partial charge is 0.252 e. The molecular weight excluding hydrogens is 302 g/mol. The maximum atomic E-state index is 12.5. The van der Waals surface area contributed by atoms with Gasteiger partial charge in [-0.05, 0) is 37.4 Å². The molecule has 1 heterocycles. The van der Waals surface area contributed by atoms with Gasteiger partial charge in [0.15, 0.2) is 0 Å². The summed E-state index contributed by atoms with van der Waals surface area (Å²) in [5, 5.41) is 9.08. The average Bonchev–Trinajstić information content (AvgIpc) is 2.58. The highest BCUT2D eigenvalue weighted by atomic mass is 16.2. The molecule has 3 N–H and O–H groups in total. The Hall–Kier alpha value is -2.14. The largest absolute Gasteiger partial charge is 0.351 e. The normalized spacial score (nSPS) is 15.6. The van der Waals surface area contributed by atoms with E-state index in [1.807, 2.05) is 39.0 Å². The SMILES string of the molecule is Cc1ccccc1C(=O)NC(C(=O)NCC1=CCNCC1)C(C)C. The van der Waals surface area contributed by atoms with Crippen molar-refractivity contribution in [3.05, 3.63) is 47.0 Å². The molecule has 1 aromatic carbocycles. The highest BCUT2D eigenvalue weighted by Crippen LogP contribution is 2.10. The second-order valence-electron chi connectivity index (χ2n) is 6.54. The molecule has 0 aromatic heterocycles. The Balaban J connectivity index is 1.98. The summed E-state index contributed by atoms with van der Waals surface area (Å²) in [5.74, 6) is -0.325. The van der Waals surface area contributed by atoms with Crippen molar-refractivity contribution in [1.82, 2.24) is 16.0 Å². The number of rotatable bonds is 6. The van der Waals surface area contributed by atoms with Crippen molar-refractivity contribution >= 4 is 11.8 Å². The predicted molar refractivity (Wildman–Crippen MR) is 95.9 cm³/mol. The fraction of sp³-hybridized carbons (Fsp3) is 0.474. The molecule has 1 atom stereocenters. The van der Waals surface area contributed by atoms with E-state index in [2.05, 4.69) is 22.0 Å². The maximum Gasteiger partial charge on any atom is 0.252 e. The van der Waals surface area contributed by atoms with Crippen LogP contribution in [0.2, 0.25) is 0 Å². The summed E-state index contributed by atoms with van der Waals surface area (Å²) < 4.78 is 0. The summed E-state index contributed by atoms with van der Waals surface area (Å²) in [5.41, 5.74) is 2.74. The molecule has 0 saturated heterocycles. The van der Waals surface area contributed by atoms with Gasteiger partial charge in [0.1, 0.15) is 6.04 Å². The van der Waals surface area contributed by atoms with E-state index in [1.54, 1.807) is 6.07 Å². The van der Waals surface area contributed by atoms with E-state index < -0.39 is 6.04 Å². The van der Waals surface area contributed by atoms with E-state index in [1.165, 1.54) is 5.57 Å². The first-order chi connectivity index (χ1) is 11.5. The lowest BCUT2D eigenvalue weighted by molar-refractivity contribution is -0.123. The number of hydrogen-bond acceptors (Lipinski definition) is 3. The molecule has 2 rings (SSSR count). The van der Waals surface area contributed by atoms with Crippen molar-refractivity contribution in [3.8, 4) is 0 Å². The molecule has 1 aromatic rings. The Morgan fingerprint density at radius 1 is 1.25 bits per heavy atom. The number of carbonyl (C=O) groups excluding carboxylic acids is 2. The molecule has 0 fully saturated rings. The Bertz CT molecular complexity index is 623. The predicted octanol–water partition coefficient (Wildman–Crippen LogP) is 1.79. The number of amides is 2. The average molecular weight is 329 g/mol. The molecule has 0 radical (unpaired) electrons. The molecule has 1 aliphatic heterocycles. The van der Waals surface area contributed by atoms with Gasteiger partial charge in [0.05, 0.1) is 0 Å². The van der Waals surface area contributed by atoms with E-state index in [4.69, 9.17) is 0 Å². The third-order valence-corrected chi connectivity index (χ3v) is 4.27. The first-order valence-electron chi connectivity index (χ1n) is 8.52. The monoisotopic (exact) mass is 329 g/mol. The van der Waals surface area contributed by atoms with Gasteiger partial charge in [-0.25, -0.2) is 0 Å². The lowest BCUT2D eigenvalue weighted by atomic mass is 10.0.